The summed E-state index contributed by atoms with van der Waals surface area (Å²) in [7, 11) is 3.23. The normalized spacial score (nSPS) is 13.5. The molecule has 0 unspecified atom stereocenters. The Balaban J connectivity index is 1.61. The molecule has 0 saturated carbocycles. The molecule has 0 amide bonds. The van der Waals surface area contributed by atoms with Crippen molar-refractivity contribution in [2.45, 2.75) is 52.9 Å². The highest BCUT2D eigenvalue weighted by Crippen LogP contribution is 2.50. The van der Waals surface area contributed by atoms with Crippen LogP contribution in [0.5, 0.6) is 34.5 Å². The zero-order chi connectivity index (χ0) is 30.0. The van der Waals surface area contributed by atoms with Gasteiger partial charge in [-0.2, -0.15) is 0 Å². The number of aromatic nitrogens is 1. The lowest BCUT2D eigenvalue weighted by molar-refractivity contribution is 0.174. The molecule has 0 radical (unpaired) electrons. The van der Waals surface area contributed by atoms with E-state index >= 15 is 0 Å². The van der Waals surface area contributed by atoms with Crippen molar-refractivity contribution < 1.29 is 32.8 Å². The number of methoxy groups -OCH3 is 2. The molecule has 0 atom stereocenters. The Morgan fingerprint density at radius 3 is 2.23 bits per heavy atom. The first-order valence-electron chi connectivity index (χ1n) is 14.4. The zero-order valence-corrected chi connectivity index (χ0v) is 25.0. The Kier molecular flexibility index (Phi) is 6.41. The Hall–Kier alpha value is -4.79. The monoisotopic (exact) mass is 583 g/mol. The van der Waals surface area contributed by atoms with E-state index in [9.17, 15) is 4.79 Å². The van der Waals surface area contributed by atoms with Crippen LogP contribution in [0, 0.1) is 0 Å². The average Bonchev–Trinajstić information content (AvgIpc) is 3.58. The second kappa shape index (κ2) is 10.2. The van der Waals surface area contributed by atoms with Crippen molar-refractivity contribution in [1.29, 1.82) is 0 Å². The molecule has 0 N–H and O–H groups in total. The van der Waals surface area contributed by atoms with Gasteiger partial charge in [-0.15, -0.1) is 0 Å². The van der Waals surface area contributed by atoms with E-state index in [0.29, 0.717) is 52.8 Å². The summed E-state index contributed by atoms with van der Waals surface area (Å²) in [5.41, 5.74) is 5.21. The maximum atomic E-state index is 13.8. The van der Waals surface area contributed by atoms with Gasteiger partial charge in [0.1, 0.15) is 11.1 Å². The molecule has 4 heterocycles. The lowest BCUT2D eigenvalue weighted by Crippen LogP contribution is -2.14. The quantitative estimate of drug-likeness (QED) is 0.190. The molecular formula is C34H33NO8. The summed E-state index contributed by atoms with van der Waals surface area (Å²) in [5, 5.41) is 1.50. The van der Waals surface area contributed by atoms with E-state index in [1.165, 1.54) is 0 Å². The molecular weight excluding hydrogens is 550 g/mol. The molecule has 0 saturated heterocycles. The summed E-state index contributed by atoms with van der Waals surface area (Å²) in [6.07, 6.45) is 0.596. The van der Waals surface area contributed by atoms with Gasteiger partial charge in [-0.05, 0) is 75.6 Å². The van der Waals surface area contributed by atoms with Gasteiger partial charge in [0.2, 0.25) is 6.79 Å². The van der Waals surface area contributed by atoms with Crippen LogP contribution in [0.4, 0.5) is 0 Å². The summed E-state index contributed by atoms with van der Waals surface area (Å²) in [4.78, 5) is 13.8. The van der Waals surface area contributed by atoms with Gasteiger partial charge in [0.05, 0.1) is 32.1 Å². The van der Waals surface area contributed by atoms with E-state index in [4.69, 9.17) is 32.8 Å². The van der Waals surface area contributed by atoms with Crippen molar-refractivity contribution in [3.8, 4) is 56.9 Å². The predicted octanol–water partition coefficient (Wildman–Crippen LogP) is 6.96. The fourth-order valence-electron chi connectivity index (χ4n) is 6.17. The summed E-state index contributed by atoms with van der Waals surface area (Å²) in [5.74, 6) is 3.70. The maximum absolute atomic E-state index is 13.8. The number of rotatable bonds is 7. The van der Waals surface area contributed by atoms with Crippen LogP contribution in [0.3, 0.4) is 0 Å². The minimum Gasteiger partial charge on any atom is -0.493 e. The molecule has 5 aromatic rings. The third kappa shape index (κ3) is 4.33. The van der Waals surface area contributed by atoms with Crippen molar-refractivity contribution in [3.63, 3.8) is 0 Å². The highest BCUT2D eigenvalue weighted by Gasteiger charge is 2.32. The standard InChI is InChI=1S/C34H33NO8/c1-17(2)41-23-8-7-20(12-25(23)37-5)30-31-22-14-26(38-6)29(42-18(3)4)15-24(22)43-34(36)33(31)35-10-9-19-11-27-28(40-16-39-27)13-21(19)32(30)35/h7-8,11-15,17-18H,9-10,16H2,1-6H3. The second-order valence-corrected chi connectivity index (χ2v) is 11.3. The number of nitrogens with zero attached hydrogens (tertiary/aromatic N) is 1. The van der Waals surface area contributed by atoms with Crippen LogP contribution in [-0.2, 0) is 13.0 Å². The Labute approximate surface area is 248 Å². The van der Waals surface area contributed by atoms with Crippen molar-refractivity contribution in [3.05, 3.63) is 58.4 Å². The molecule has 0 fully saturated rings. The number of hydrogen-bond acceptors (Lipinski definition) is 8. The van der Waals surface area contributed by atoms with Gasteiger partial charge in [0.25, 0.3) is 0 Å². The minimum atomic E-state index is -0.424. The first kappa shape index (κ1) is 27.1. The summed E-state index contributed by atoms with van der Waals surface area (Å²) >= 11 is 0. The minimum absolute atomic E-state index is 0.0256. The SMILES string of the molecule is COc1cc(-c2c3n(c4c(=O)oc5cc(OC(C)C)c(OC)cc5c24)CCc2cc4c(cc2-3)OCO4)ccc1OC(C)C. The van der Waals surface area contributed by atoms with Crippen LogP contribution < -0.4 is 34.0 Å². The zero-order valence-electron chi connectivity index (χ0n) is 25.0. The molecule has 9 heteroatoms. The number of hydrogen-bond donors (Lipinski definition) is 0. The van der Waals surface area contributed by atoms with E-state index in [0.717, 1.165) is 44.5 Å². The van der Waals surface area contributed by atoms with Crippen LogP contribution in [0.1, 0.15) is 33.3 Å². The first-order valence-corrected chi connectivity index (χ1v) is 14.4. The van der Waals surface area contributed by atoms with Crippen LogP contribution in [0.15, 0.2) is 51.7 Å². The number of benzene rings is 3. The van der Waals surface area contributed by atoms with E-state index in [1.54, 1.807) is 20.3 Å². The number of ether oxygens (including phenoxy) is 6. The topological polar surface area (TPSA) is 90.5 Å². The molecule has 2 aliphatic heterocycles. The van der Waals surface area contributed by atoms with E-state index in [1.807, 2.05) is 64.1 Å². The summed E-state index contributed by atoms with van der Waals surface area (Å²) < 4.78 is 43.1. The highest BCUT2D eigenvalue weighted by atomic mass is 16.7. The van der Waals surface area contributed by atoms with Gasteiger partial charge >= 0.3 is 5.63 Å². The van der Waals surface area contributed by atoms with Crippen molar-refractivity contribution in [2.75, 3.05) is 21.0 Å². The summed E-state index contributed by atoms with van der Waals surface area (Å²) in [6, 6.07) is 13.6. The third-order valence-electron chi connectivity index (χ3n) is 7.83. The number of aryl methyl sites for hydroxylation is 2. The van der Waals surface area contributed by atoms with Gasteiger partial charge < -0.3 is 37.4 Å². The van der Waals surface area contributed by atoms with Crippen molar-refractivity contribution >= 4 is 21.9 Å². The molecule has 2 aliphatic rings. The molecule has 0 aliphatic carbocycles. The molecule has 9 nitrogen and oxygen atoms in total. The largest absolute Gasteiger partial charge is 0.493 e. The molecule has 43 heavy (non-hydrogen) atoms. The smallest absolute Gasteiger partial charge is 0.361 e. The third-order valence-corrected chi connectivity index (χ3v) is 7.83. The Morgan fingerprint density at radius 2 is 1.51 bits per heavy atom. The van der Waals surface area contributed by atoms with Gasteiger partial charge in [-0.3, -0.25) is 0 Å². The van der Waals surface area contributed by atoms with Crippen LogP contribution in [0.25, 0.3) is 44.3 Å². The average molecular weight is 584 g/mol. The predicted molar refractivity (Wildman–Crippen MR) is 163 cm³/mol. The molecule has 0 spiro atoms. The molecule has 222 valence electrons. The lowest BCUT2D eigenvalue weighted by atomic mass is 9.91. The fourth-order valence-corrected chi connectivity index (χ4v) is 6.17. The Bertz CT molecular complexity index is 1970. The van der Waals surface area contributed by atoms with E-state index in [-0.39, 0.29) is 19.0 Å². The summed E-state index contributed by atoms with van der Waals surface area (Å²) in [6.45, 7) is 8.59. The fraction of sp³-hybridized carbons (Fsp3) is 0.324. The molecule has 2 aromatic heterocycles. The van der Waals surface area contributed by atoms with Crippen LogP contribution in [-0.4, -0.2) is 37.8 Å². The van der Waals surface area contributed by atoms with Crippen molar-refractivity contribution in [2.24, 2.45) is 0 Å². The van der Waals surface area contributed by atoms with E-state index < -0.39 is 5.63 Å². The van der Waals surface area contributed by atoms with Crippen LogP contribution >= 0.6 is 0 Å². The van der Waals surface area contributed by atoms with Gasteiger partial charge in [0, 0.05) is 34.5 Å². The maximum Gasteiger partial charge on any atom is 0.361 e. The van der Waals surface area contributed by atoms with E-state index in [2.05, 4.69) is 4.57 Å². The molecule has 7 rings (SSSR count). The van der Waals surface area contributed by atoms with Crippen LogP contribution in [0.2, 0.25) is 0 Å². The van der Waals surface area contributed by atoms with Crippen molar-refractivity contribution in [1.82, 2.24) is 4.57 Å². The Morgan fingerprint density at radius 1 is 0.814 bits per heavy atom. The second-order valence-electron chi connectivity index (χ2n) is 11.3. The highest BCUT2D eigenvalue weighted by molar-refractivity contribution is 6.17. The number of fused-ring (bicyclic) bond motifs is 8. The first-order chi connectivity index (χ1) is 20.8. The lowest BCUT2D eigenvalue weighted by Gasteiger charge is -2.22. The van der Waals surface area contributed by atoms with Gasteiger partial charge in [-0.25, -0.2) is 4.79 Å². The van der Waals surface area contributed by atoms with Gasteiger partial charge in [0.15, 0.2) is 34.5 Å². The molecule has 3 aromatic carbocycles. The van der Waals surface area contributed by atoms with Gasteiger partial charge in [-0.1, -0.05) is 6.07 Å². The molecule has 0 bridgehead atoms.